The van der Waals surface area contributed by atoms with Gasteiger partial charge < -0.3 is 9.30 Å². The molecule has 0 aliphatic carbocycles. The number of nitrogens with zero attached hydrogens (tertiary/aromatic N) is 4. The van der Waals surface area contributed by atoms with Crippen molar-refractivity contribution in [1.29, 1.82) is 0 Å². The molecule has 4 heterocycles. The molecule has 0 bridgehead atoms. The third kappa shape index (κ3) is 4.09. The van der Waals surface area contributed by atoms with Gasteiger partial charge in [-0.05, 0) is 72.8 Å². The second-order valence-electron chi connectivity index (χ2n) is 11.1. The number of hydrogen-bond donors (Lipinski definition) is 0. The van der Waals surface area contributed by atoms with Crippen LogP contribution in [-0.4, -0.2) is 19.1 Å². The fraction of sp³-hybridized carbons (Fsp3) is 0. The molecule has 5 aromatic carbocycles. The summed E-state index contributed by atoms with van der Waals surface area (Å²) in [4.78, 5) is 9.35. The molecule has 5 nitrogen and oxygen atoms in total. The Morgan fingerprint density at radius 2 is 1.24 bits per heavy atom. The van der Waals surface area contributed by atoms with Crippen molar-refractivity contribution in [2.24, 2.45) is 0 Å². The Balaban J connectivity index is 1.30. The van der Waals surface area contributed by atoms with Crippen LogP contribution >= 0.6 is 0 Å². The topological polar surface area (TPSA) is 44.9 Å². The number of hydrogen-bond acceptors (Lipinski definition) is 3. The van der Waals surface area contributed by atoms with E-state index < -0.39 is 0 Å². The Labute approximate surface area is 259 Å². The van der Waals surface area contributed by atoms with Gasteiger partial charge >= 0.3 is 0 Å². The summed E-state index contributed by atoms with van der Waals surface area (Å²) in [5, 5.41) is 4.70. The minimum Gasteiger partial charge on any atom is -0.457 e. The van der Waals surface area contributed by atoms with E-state index in [0.717, 1.165) is 56.2 Å². The lowest BCUT2D eigenvalue weighted by Gasteiger charge is -2.10. The molecule has 0 saturated carbocycles. The van der Waals surface area contributed by atoms with Gasteiger partial charge in [0.2, 0.25) is 0 Å². The van der Waals surface area contributed by atoms with Gasteiger partial charge in [0.1, 0.15) is 17.3 Å². The van der Waals surface area contributed by atoms with Gasteiger partial charge in [0.05, 0.1) is 27.8 Å². The average Bonchev–Trinajstić information content (AvgIpc) is 3.62. The molecular formula is C40H26N4O. The summed E-state index contributed by atoms with van der Waals surface area (Å²) in [6.45, 7) is 0. The van der Waals surface area contributed by atoms with E-state index in [9.17, 15) is 0 Å². The van der Waals surface area contributed by atoms with Crippen LogP contribution in [-0.2, 0) is 0 Å². The van der Waals surface area contributed by atoms with Gasteiger partial charge in [-0.1, -0.05) is 66.7 Å². The van der Waals surface area contributed by atoms with Crippen LogP contribution in [0.25, 0.3) is 66.4 Å². The third-order valence-electron chi connectivity index (χ3n) is 8.46. The summed E-state index contributed by atoms with van der Waals surface area (Å²) in [6.07, 6.45) is 3.66. The smallest absolute Gasteiger partial charge is 0.137 e. The van der Waals surface area contributed by atoms with E-state index in [4.69, 9.17) is 9.72 Å². The van der Waals surface area contributed by atoms with Crippen molar-refractivity contribution in [3.05, 3.63) is 158 Å². The van der Waals surface area contributed by atoms with E-state index in [0.29, 0.717) is 0 Å². The van der Waals surface area contributed by atoms with Gasteiger partial charge in [0.25, 0.3) is 0 Å². The predicted octanol–water partition coefficient (Wildman–Crippen LogP) is 10.1. The Hall–Kier alpha value is -6.20. The van der Waals surface area contributed by atoms with Crippen molar-refractivity contribution in [1.82, 2.24) is 19.1 Å². The van der Waals surface area contributed by atoms with Gasteiger partial charge in [-0.2, -0.15) is 0 Å². The zero-order chi connectivity index (χ0) is 29.7. The highest BCUT2D eigenvalue weighted by Crippen LogP contribution is 2.42. The van der Waals surface area contributed by atoms with Crippen LogP contribution in [0.1, 0.15) is 0 Å². The molecule has 0 unspecified atom stereocenters. The quantitative estimate of drug-likeness (QED) is 0.204. The summed E-state index contributed by atoms with van der Waals surface area (Å²) >= 11 is 0. The number of rotatable bonds is 5. The maximum atomic E-state index is 6.49. The maximum Gasteiger partial charge on any atom is 0.137 e. The summed E-state index contributed by atoms with van der Waals surface area (Å²) in [6, 6.07) is 50.1. The second kappa shape index (κ2) is 10.2. The van der Waals surface area contributed by atoms with Gasteiger partial charge in [-0.15, -0.1) is 0 Å². The second-order valence-corrected chi connectivity index (χ2v) is 11.1. The van der Waals surface area contributed by atoms with Crippen molar-refractivity contribution >= 4 is 43.6 Å². The van der Waals surface area contributed by atoms with Crippen molar-refractivity contribution in [2.45, 2.75) is 0 Å². The Morgan fingerprint density at radius 3 is 2.09 bits per heavy atom. The van der Waals surface area contributed by atoms with E-state index in [1.54, 1.807) is 6.20 Å². The highest BCUT2D eigenvalue weighted by Gasteiger charge is 2.21. The molecule has 0 spiro atoms. The fourth-order valence-electron chi connectivity index (χ4n) is 6.57. The zero-order valence-corrected chi connectivity index (χ0v) is 24.2. The normalized spacial score (nSPS) is 11.6. The first-order valence-electron chi connectivity index (χ1n) is 15.0. The van der Waals surface area contributed by atoms with E-state index >= 15 is 0 Å². The number of benzene rings is 5. The molecule has 212 valence electrons. The van der Waals surface area contributed by atoms with E-state index in [-0.39, 0.29) is 0 Å². The zero-order valence-electron chi connectivity index (χ0n) is 24.2. The standard InChI is InChI=1S/C40H26N4O/c1-2-12-28(13-3-1)43-35-17-5-4-15-33(35)39-36(43)22-21-32-31-20-19-30(26-37(31)44(40(32)39)38-18-7-9-24-42-38)45-29-14-10-11-27(25-29)34-16-6-8-23-41-34/h1-26H. The Bertz CT molecular complexity index is 2500. The first-order valence-corrected chi connectivity index (χ1v) is 15.0. The molecule has 0 N–H and O–H groups in total. The largest absolute Gasteiger partial charge is 0.457 e. The SMILES string of the molecule is c1ccc(-n2c3ccccc3c3c2ccc2c4ccc(Oc5cccc(-c6ccccn6)c5)cc4n(-c4ccccn4)c23)cc1. The molecule has 0 atom stereocenters. The fourth-order valence-corrected chi connectivity index (χ4v) is 6.57. The summed E-state index contributed by atoms with van der Waals surface area (Å²) < 4.78 is 11.1. The van der Waals surface area contributed by atoms with Crippen molar-refractivity contribution < 1.29 is 4.74 Å². The van der Waals surface area contributed by atoms with Crippen molar-refractivity contribution in [3.63, 3.8) is 0 Å². The molecular weight excluding hydrogens is 552 g/mol. The molecule has 4 aromatic heterocycles. The molecule has 0 radical (unpaired) electrons. The molecule has 0 fully saturated rings. The molecule has 0 saturated heterocycles. The van der Waals surface area contributed by atoms with Gasteiger partial charge in [0, 0.05) is 51.3 Å². The lowest BCUT2D eigenvalue weighted by atomic mass is 10.1. The van der Waals surface area contributed by atoms with Crippen molar-refractivity contribution in [3.8, 4) is 34.3 Å². The minimum absolute atomic E-state index is 0.753. The Kier molecular flexibility index (Phi) is 5.74. The van der Waals surface area contributed by atoms with Crippen LogP contribution in [0.4, 0.5) is 0 Å². The number of para-hydroxylation sites is 2. The maximum absolute atomic E-state index is 6.49. The summed E-state index contributed by atoms with van der Waals surface area (Å²) in [7, 11) is 0. The molecule has 0 aliphatic heterocycles. The van der Waals surface area contributed by atoms with Gasteiger partial charge in [0.15, 0.2) is 0 Å². The average molecular weight is 579 g/mol. The predicted molar refractivity (Wildman–Crippen MR) is 183 cm³/mol. The number of aromatic nitrogens is 4. The van der Waals surface area contributed by atoms with Crippen molar-refractivity contribution in [2.75, 3.05) is 0 Å². The first kappa shape index (κ1) is 25.3. The number of fused-ring (bicyclic) bond motifs is 7. The van der Waals surface area contributed by atoms with Crippen LogP contribution < -0.4 is 4.74 Å². The lowest BCUT2D eigenvalue weighted by molar-refractivity contribution is 0.483. The minimum atomic E-state index is 0.753. The van der Waals surface area contributed by atoms with Crippen LogP contribution in [0.2, 0.25) is 0 Å². The summed E-state index contributed by atoms with van der Waals surface area (Å²) in [5.41, 5.74) is 7.53. The molecule has 9 rings (SSSR count). The van der Waals surface area contributed by atoms with Gasteiger partial charge in [-0.3, -0.25) is 9.55 Å². The monoisotopic (exact) mass is 578 g/mol. The molecule has 0 amide bonds. The van der Waals surface area contributed by atoms with Crippen LogP contribution in [0.3, 0.4) is 0 Å². The summed E-state index contributed by atoms with van der Waals surface area (Å²) in [5.74, 6) is 2.37. The number of ether oxygens (including phenoxy) is 1. The van der Waals surface area contributed by atoms with Crippen LogP contribution in [0.5, 0.6) is 11.5 Å². The first-order chi connectivity index (χ1) is 22.3. The lowest BCUT2D eigenvalue weighted by Crippen LogP contribution is -1.97. The third-order valence-corrected chi connectivity index (χ3v) is 8.46. The molecule has 0 aliphatic rings. The Morgan fingerprint density at radius 1 is 0.467 bits per heavy atom. The molecule has 9 aromatic rings. The molecule has 45 heavy (non-hydrogen) atoms. The highest BCUT2D eigenvalue weighted by atomic mass is 16.5. The van der Waals surface area contributed by atoms with Crippen LogP contribution in [0.15, 0.2) is 158 Å². The highest BCUT2D eigenvalue weighted by molar-refractivity contribution is 6.26. The molecule has 5 heteroatoms. The van der Waals surface area contributed by atoms with Crippen LogP contribution in [0, 0.1) is 0 Å². The van der Waals surface area contributed by atoms with Gasteiger partial charge in [-0.25, -0.2) is 4.98 Å². The van der Waals surface area contributed by atoms with E-state index in [2.05, 4.69) is 111 Å². The number of pyridine rings is 2. The van der Waals surface area contributed by atoms with E-state index in [1.807, 2.05) is 54.7 Å². The van der Waals surface area contributed by atoms with E-state index in [1.165, 1.54) is 21.7 Å².